The summed E-state index contributed by atoms with van der Waals surface area (Å²) in [7, 11) is 0. The molecule has 2 aromatic rings. The van der Waals surface area contributed by atoms with Gasteiger partial charge in [-0.2, -0.15) is 0 Å². The maximum absolute atomic E-state index is 5.76. The first-order chi connectivity index (χ1) is 7.29. The van der Waals surface area contributed by atoms with Gasteiger partial charge in [0.1, 0.15) is 5.01 Å². The van der Waals surface area contributed by atoms with Gasteiger partial charge in [0.25, 0.3) is 0 Å². The lowest BCUT2D eigenvalue weighted by atomic mass is 10.00. The third kappa shape index (κ3) is 2.22. The number of thiazole rings is 1. The second kappa shape index (κ2) is 4.51. The number of nitrogens with zero attached hydrogens (tertiary/aromatic N) is 1. The Balaban J connectivity index is 2.42. The normalized spacial score (nSPS) is 12.3. The van der Waals surface area contributed by atoms with Crippen molar-refractivity contribution in [3.05, 3.63) is 52.5 Å². The third-order valence-corrected chi connectivity index (χ3v) is 3.19. The lowest BCUT2D eigenvalue weighted by molar-refractivity contribution is 1.05. The molecule has 2 N–H and O–H groups in total. The minimum absolute atomic E-state index is 0.0544. The zero-order chi connectivity index (χ0) is 10.7. The van der Waals surface area contributed by atoms with Gasteiger partial charge in [-0.1, -0.05) is 42.5 Å². The monoisotopic (exact) mass is 234 g/mol. The van der Waals surface area contributed by atoms with E-state index in [1.165, 1.54) is 0 Å². The molecule has 0 radical (unpaired) electrons. The van der Waals surface area contributed by atoms with Crippen LogP contribution in [0.25, 0.3) is 0 Å². The van der Waals surface area contributed by atoms with E-state index in [4.69, 9.17) is 18.0 Å². The Bertz CT molecular complexity index is 437. The van der Waals surface area contributed by atoms with Gasteiger partial charge in [0, 0.05) is 11.6 Å². The predicted octanol–water partition coefficient (Wildman–Crippen LogP) is 2.56. The molecule has 1 atom stereocenters. The number of rotatable bonds is 3. The number of nitrogens with two attached hydrogens (primary N) is 1. The molecule has 4 heteroatoms. The highest BCUT2D eigenvalue weighted by atomic mass is 32.1. The molecule has 0 fully saturated rings. The quantitative estimate of drug-likeness (QED) is 0.830. The van der Waals surface area contributed by atoms with Crippen molar-refractivity contribution in [1.82, 2.24) is 4.98 Å². The Morgan fingerprint density at radius 2 is 2.07 bits per heavy atom. The average molecular weight is 234 g/mol. The third-order valence-electron chi connectivity index (χ3n) is 2.12. The van der Waals surface area contributed by atoms with Crippen LogP contribution in [0.2, 0.25) is 0 Å². The summed E-state index contributed by atoms with van der Waals surface area (Å²) in [6, 6.07) is 9.97. The van der Waals surface area contributed by atoms with Crippen LogP contribution in [0.15, 0.2) is 41.9 Å². The molecule has 0 aliphatic heterocycles. The molecule has 1 heterocycles. The van der Waals surface area contributed by atoms with Crippen LogP contribution in [-0.4, -0.2) is 9.97 Å². The summed E-state index contributed by atoms with van der Waals surface area (Å²) >= 11 is 6.67. The Kier molecular flexibility index (Phi) is 3.08. The van der Waals surface area contributed by atoms with E-state index in [1.54, 1.807) is 17.5 Å². The van der Waals surface area contributed by atoms with Crippen LogP contribution in [0, 0.1) is 0 Å². The highest BCUT2D eigenvalue weighted by Crippen LogP contribution is 2.26. The standard InChI is InChI=1S/C11H10N2S2/c12-10(14)9(11-13-6-7-15-11)8-4-2-1-3-5-8/h1-7,9H,(H2,12,14). The second-order valence-corrected chi connectivity index (χ2v) is 4.51. The summed E-state index contributed by atoms with van der Waals surface area (Å²) in [5.74, 6) is -0.0544. The van der Waals surface area contributed by atoms with E-state index in [0.29, 0.717) is 4.99 Å². The van der Waals surface area contributed by atoms with Gasteiger partial charge in [0.05, 0.1) is 10.9 Å². The molecular formula is C11H10N2S2. The smallest absolute Gasteiger partial charge is 0.107 e. The maximum atomic E-state index is 5.76. The van der Waals surface area contributed by atoms with Crippen molar-refractivity contribution in [2.75, 3.05) is 0 Å². The van der Waals surface area contributed by atoms with E-state index in [2.05, 4.69) is 4.98 Å². The summed E-state index contributed by atoms with van der Waals surface area (Å²) in [6.45, 7) is 0. The van der Waals surface area contributed by atoms with Gasteiger partial charge in [-0.3, -0.25) is 0 Å². The SMILES string of the molecule is NC(=S)C(c1ccccc1)c1nccs1. The molecule has 0 aliphatic carbocycles. The topological polar surface area (TPSA) is 38.9 Å². The highest BCUT2D eigenvalue weighted by molar-refractivity contribution is 7.80. The molecule has 2 nitrogen and oxygen atoms in total. The zero-order valence-electron chi connectivity index (χ0n) is 7.96. The fourth-order valence-electron chi connectivity index (χ4n) is 1.45. The van der Waals surface area contributed by atoms with Crippen molar-refractivity contribution < 1.29 is 0 Å². The van der Waals surface area contributed by atoms with E-state index in [-0.39, 0.29) is 5.92 Å². The van der Waals surface area contributed by atoms with E-state index in [0.717, 1.165) is 10.6 Å². The van der Waals surface area contributed by atoms with Gasteiger partial charge in [0.2, 0.25) is 0 Å². The molecule has 1 aromatic carbocycles. The van der Waals surface area contributed by atoms with Crippen molar-refractivity contribution in [3.8, 4) is 0 Å². The molecule has 2 rings (SSSR count). The average Bonchev–Trinajstić information content (AvgIpc) is 2.72. The molecular weight excluding hydrogens is 224 g/mol. The van der Waals surface area contributed by atoms with Crippen LogP contribution in [0.3, 0.4) is 0 Å². The van der Waals surface area contributed by atoms with Gasteiger partial charge in [-0.25, -0.2) is 4.98 Å². The first kappa shape index (κ1) is 10.3. The minimum Gasteiger partial charge on any atom is -0.392 e. The fraction of sp³-hybridized carbons (Fsp3) is 0.0909. The van der Waals surface area contributed by atoms with Gasteiger partial charge >= 0.3 is 0 Å². The van der Waals surface area contributed by atoms with Crippen molar-refractivity contribution in [2.45, 2.75) is 5.92 Å². The Hall–Kier alpha value is -1.26. The predicted molar refractivity (Wildman–Crippen MR) is 67.2 cm³/mol. The Labute approximate surface area is 97.8 Å². The maximum Gasteiger partial charge on any atom is 0.107 e. The molecule has 0 saturated carbocycles. The lowest BCUT2D eigenvalue weighted by Gasteiger charge is -2.12. The molecule has 0 spiro atoms. The molecule has 0 saturated heterocycles. The fourth-order valence-corrected chi connectivity index (χ4v) is 2.56. The van der Waals surface area contributed by atoms with Gasteiger partial charge in [0.15, 0.2) is 0 Å². The summed E-state index contributed by atoms with van der Waals surface area (Å²) in [5, 5.41) is 2.89. The van der Waals surface area contributed by atoms with Gasteiger partial charge in [-0.05, 0) is 5.56 Å². The molecule has 1 aromatic heterocycles. The Morgan fingerprint density at radius 3 is 2.60 bits per heavy atom. The van der Waals surface area contributed by atoms with Crippen LogP contribution in [0.4, 0.5) is 0 Å². The molecule has 0 amide bonds. The number of benzene rings is 1. The second-order valence-electron chi connectivity index (χ2n) is 3.12. The van der Waals surface area contributed by atoms with Crippen LogP contribution in [0.1, 0.15) is 16.5 Å². The van der Waals surface area contributed by atoms with Crippen molar-refractivity contribution in [1.29, 1.82) is 0 Å². The lowest BCUT2D eigenvalue weighted by Crippen LogP contribution is -2.20. The van der Waals surface area contributed by atoms with E-state index < -0.39 is 0 Å². The van der Waals surface area contributed by atoms with Crippen LogP contribution >= 0.6 is 23.6 Å². The molecule has 15 heavy (non-hydrogen) atoms. The number of aromatic nitrogens is 1. The van der Waals surface area contributed by atoms with Gasteiger partial charge < -0.3 is 5.73 Å². The number of hydrogen-bond donors (Lipinski definition) is 1. The van der Waals surface area contributed by atoms with E-state index >= 15 is 0 Å². The Morgan fingerprint density at radius 1 is 1.33 bits per heavy atom. The summed E-state index contributed by atoms with van der Waals surface area (Å²) in [4.78, 5) is 4.73. The van der Waals surface area contributed by atoms with E-state index in [9.17, 15) is 0 Å². The summed E-state index contributed by atoms with van der Waals surface area (Å²) < 4.78 is 0. The summed E-state index contributed by atoms with van der Waals surface area (Å²) in [5.41, 5.74) is 6.86. The zero-order valence-corrected chi connectivity index (χ0v) is 9.59. The molecule has 76 valence electrons. The largest absolute Gasteiger partial charge is 0.392 e. The number of hydrogen-bond acceptors (Lipinski definition) is 3. The van der Waals surface area contributed by atoms with Crippen molar-refractivity contribution >= 4 is 28.5 Å². The van der Waals surface area contributed by atoms with Crippen LogP contribution in [0.5, 0.6) is 0 Å². The van der Waals surface area contributed by atoms with Crippen LogP contribution < -0.4 is 5.73 Å². The van der Waals surface area contributed by atoms with Crippen molar-refractivity contribution in [3.63, 3.8) is 0 Å². The molecule has 0 aliphatic rings. The number of thiocarbonyl (C=S) groups is 1. The van der Waals surface area contributed by atoms with Crippen molar-refractivity contribution in [2.24, 2.45) is 5.73 Å². The first-order valence-electron chi connectivity index (χ1n) is 4.52. The highest BCUT2D eigenvalue weighted by Gasteiger charge is 2.18. The van der Waals surface area contributed by atoms with E-state index in [1.807, 2.05) is 35.7 Å². The first-order valence-corrected chi connectivity index (χ1v) is 5.81. The van der Waals surface area contributed by atoms with Crippen LogP contribution in [-0.2, 0) is 0 Å². The molecule has 0 bridgehead atoms. The minimum atomic E-state index is -0.0544. The van der Waals surface area contributed by atoms with Gasteiger partial charge in [-0.15, -0.1) is 11.3 Å². The summed E-state index contributed by atoms with van der Waals surface area (Å²) in [6.07, 6.45) is 1.77. The molecule has 1 unspecified atom stereocenters.